The first-order chi connectivity index (χ1) is 12.9. The van der Waals surface area contributed by atoms with Gasteiger partial charge in [-0.15, -0.1) is 0 Å². The highest BCUT2D eigenvalue weighted by Gasteiger charge is 2.17. The second-order valence-electron chi connectivity index (χ2n) is 5.48. The first-order valence-corrected chi connectivity index (χ1v) is 9.26. The molecule has 0 aliphatic rings. The third-order valence-corrected chi connectivity index (χ3v) is 5.15. The number of nitrogens with one attached hydrogen (secondary N) is 1. The van der Waals surface area contributed by atoms with Gasteiger partial charge in [-0.25, -0.2) is 8.42 Å². The summed E-state index contributed by atoms with van der Waals surface area (Å²) in [5, 5.41) is 10.8. The highest BCUT2D eigenvalue weighted by atomic mass is 32.2. The molecule has 138 valence electrons. The normalized spacial score (nSPS) is 11.0. The molecule has 0 aliphatic heterocycles. The molecule has 0 saturated carbocycles. The molecule has 0 amide bonds. The van der Waals surface area contributed by atoms with E-state index >= 15 is 0 Å². The SMILES string of the molecule is COc1ccc(S(=O)(=O)Nc2cccnc2-c2ccc([N+](=O)[O-])cc2)cc1. The van der Waals surface area contributed by atoms with Gasteiger partial charge in [0.2, 0.25) is 0 Å². The Hall–Kier alpha value is -3.46. The molecule has 1 aromatic heterocycles. The van der Waals surface area contributed by atoms with Crippen molar-refractivity contribution in [1.29, 1.82) is 0 Å². The zero-order valence-corrected chi connectivity index (χ0v) is 15.0. The smallest absolute Gasteiger partial charge is 0.269 e. The fourth-order valence-electron chi connectivity index (χ4n) is 2.42. The zero-order valence-electron chi connectivity index (χ0n) is 14.2. The van der Waals surface area contributed by atoms with Gasteiger partial charge in [0.1, 0.15) is 5.75 Å². The van der Waals surface area contributed by atoms with Gasteiger partial charge in [0, 0.05) is 23.9 Å². The Bertz CT molecular complexity index is 1060. The van der Waals surface area contributed by atoms with Crippen LogP contribution < -0.4 is 9.46 Å². The minimum absolute atomic E-state index is 0.0601. The molecule has 0 atom stereocenters. The van der Waals surface area contributed by atoms with Crippen molar-refractivity contribution in [3.8, 4) is 17.0 Å². The Morgan fingerprint density at radius 1 is 1.04 bits per heavy atom. The average Bonchev–Trinajstić information content (AvgIpc) is 2.68. The summed E-state index contributed by atoms with van der Waals surface area (Å²) in [4.78, 5) is 14.6. The number of nitrogens with zero attached hydrogens (tertiary/aromatic N) is 2. The third-order valence-electron chi connectivity index (χ3n) is 3.77. The summed E-state index contributed by atoms with van der Waals surface area (Å²) in [7, 11) is -2.35. The van der Waals surface area contributed by atoms with Gasteiger partial charge < -0.3 is 4.74 Å². The van der Waals surface area contributed by atoms with E-state index in [-0.39, 0.29) is 16.3 Å². The van der Waals surface area contributed by atoms with Gasteiger partial charge >= 0.3 is 0 Å². The Morgan fingerprint density at radius 3 is 2.30 bits per heavy atom. The van der Waals surface area contributed by atoms with Gasteiger partial charge in [-0.05, 0) is 48.5 Å². The molecular weight excluding hydrogens is 370 g/mol. The minimum atomic E-state index is -3.84. The van der Waals surface area contributed by atoms with Crippen LogP contribution in [0.25, 0.3) is 11.3 Å². The molecule has 0 fully saturated rings. The van der Waals surface area contributed by atoms with E-state index in [1.807, 2.05) is 0 Å². The molecule has 0 bridgehead atoms. The molecule has 1 heterocycles. The van der Waals surface area contributed by atoms with Gasteiger partial charge in [-0.2, -0.15) is 0 Å². The Balaban J connectivity index is 1.94. The van der Waals surface area contributed by atoms with Crippen LogP contribution in [0, 0.1) is 10.1 Å². The number of anilines is 1. The van der Waals surface area contributed by atoms with Crippen LogP contribution in [0.3, 0.4) is 0 Å². The van der Waals surface area contributed by atoms with Crippen molar-refractivity contribution in [3.63, 3.8) is 0 Å². The number of sulfonamides is 1. The Morgan fingerprint density at radius 2 is 1.70 bits per heavy atom. The maximum Gasteiger partial charge on any atom is 0.269 e. The summed E-state index contributed by atoms with van der Waals surface area (Å²) in [6.45, 7) is 0. The van der Waals surface area contributed by atoms with Gasteiger partial charge in [0.05, 0.1) is 28.3 Å². The lowest BCUT2D eigenvalue weighted by Crippen LogP contribution is -2.14. The van der Waals surface area contributed by atoms with Gasteiger partial charge in [-0.1, -0.05) is 0 Å². The van der Waals surface area contributed by atoms with E-state index in [2.05, 4.69) is 9.71 Å². The van der Waals surface area contributed by atoms with Gasteiger partial charge in [-0.3, -0.25) is 19.8 Å². The Labute approximate surface area is 155 Å². The van der Waals surface area contributed by atoms with E-state index in [4.69, 9.17) is 4.74 Å². The molecule has 8 nitrogen and oxygen atoms in total. The first-order valence-electron chi connectivity index (χ1n) is 7.77. The van der Waals surface area contributed by atoms with Crippen LogP contribution in [-0.2, 0) is 10.0 Å². The largest absolute Gasteiger partial charge is 0.497 e. The monoisotopic (exact) mass is 385 g/mol. The number of non-ortho nitro benzene ring substituents is 1. The topological polar surface area (TPSA) is 111 Å². The second-order valence-corrected chi connectivity index (χ2v) is 7.17. The molecule has 3 rings (SSSR count). The van der Waals surface area contributed by atoms with Crippen LogP contribution in [0.2, 0.25) is 0 Å². The van der Waals surface area contributed by atoms with Crippen molar-refractivity contribution < 1.29 is 18.1 Å². The van der Waals surface area contributed by atoms with Crippen molar-refractivity contribution in [2.45, 2.75) is 4.90 Å². The zero-order chi connectivity index (χ0) is 19.4. The lowest BCUT2D eigenvalue weighted by Gasteiger charge is -2.12. The number of nitro groups is 1. The standard InChI is InChI=1S/C18H15N3O5S/c1-26-15-8-10-16(11-9-15)27(24,25)20-17-3-2-12-19-18(17)13-4-6-14(7-5-13)21(22)23/h2-12,20H,1H3. The van der Waals surface area contributed by atoms with E-state index in [0.717, 1.165) is 0 Å². The highest BCUT2D eigenvalue weighted by Crippen LogP contribution is 2.29. The summed E-state index contributed by atoms with van der Waals surface area (Å²) in [6.07, 6.45) is 1.52. The number of hydrogen-bond donors (Lipinski definition) is 1. The third kappa shape index (κ3) is 4.04. The van der Waals surface area contributed by atoms with Crippen molar-refractivity contribution in [2.75, 3.05) is 11.8 Å². The lowest BCUT2D eigenvalue weighted by atomic mass is 10.1. The second kappa shape index (κ2) is 7.42. The van der Waals surface area contributed by atoms with Crippen LogP contribution in [0.5, 0.6) is 5.75 Å². The summed E-state index contributed by atoms with van der Waals surface area (Å²) < 4.78 is 32.9. The van der Waals surface area contributed by atoms with E-state index in [0.29, 0.717) is 17.0 Å². The van der Waals surface area contributed by atoms with Gasteiger partial charge in [0.25, 0.3) is 15.7 Å². The number of rotatable bonds is 6. The number of hydrogen-bond acceptors (Lipinski definition) is 6. The fourth-order valence-corrected chi connectivity index (χ4v) is 3.48. The fraction of sp³-hybridized carbons (Fsp3) is 0.0556. The summed E-state index contributed by atoms with van der Waals surface area (Å²) in [5.74, 6) is 0.543. The molecule has 0 radical (unpaired) electrons. The molecule has 0 saturated heterocycles. The molecular formula is C18H15N3O5S. The van der Waals surface area contributed by atoms with Crippen LogP contribution in [0.1, 0.15) is 0 Å². The number of nitro benzene ring substituents is 1. The molecule has 0 spiro atoms. The quantitative estimate of drug-likeness (QED) is 0.514. The van der Waals surface area contributed by atoms with Gasteiger partial charge in [0.15, 0.2) is 0 Å². The average molecular weight is 385 g/mol. The predicted octanol–water partition coefficient (Wildman–Crippen LogP) is 3.47. The summed E-state index contributed by atoms with van der Waals surface area (Å²) >= 11 is 0. The van der Waals surface area contributed by atoms with E-state index in [1.165, 1.54) is 49.7 Å². The number of benzene rings is 2. The van der Waals surface area contributed by atoms with Crippen molar-refractivity contribution in [3.05, 3.63) is 77.0 Å². The minimum Gasteiger partial charge on any atom is -0.497 e. The molecule has 0 aliphatic carbocycles. The predicted molar refractivity (Wildman–Crippen MR) is 100 cm³/mol. The number of ether oxygens (including phenoxy) is 1. The lowest BCUT2D eigenvalue weighted by molar-refractivity contribution is -0.384. The van der Waals surface area contributed by atoms with Crippen LogP contribution >= 0.6 is 0 Å². The Kier molecular flexibility index (Phi) is 5.04. The van der Waals surface area contributed by atoms with E-state index < -0.39 is 14.9 Å². The number of pyridine rings is 1. The van der Waals surface area contributed by atoms with Crippen LogP contribution in [-0.4, -0.2) is 25.4 Å². The molecule has 9 heteroatoms. The van der Waals surface area contributed by atoms with Crippen molar-refractivity contribution in [2.24, 2.45) is 0 Å². The molecule has 0 unspecified atom stereocenters. The molecule has 2 aromatic carbocycles. The van der Waals surface area contributed by atoms with Crippen molar-refractivity contribution >= 4 is 21.4 Å². The van der Waals surface area contributed by atoms with Crippen LogP contribution in [0.15, 0.2) is 71.8 Å². The first kappa shape index (κ1) is 18.3. The van der Waals surface area contributed by atoms with E-state index in [1.54, 1.807) is 24.3 Å². The number of aromatic nitrogens is 1. The molecule has 1 N–H and O–H groups in total. The summed E-state index contributed by atoms with van der Waals surface area (Å²) in [6, 6.07) is 14.9. The van der Waals surface area contributed by atoms with Crippen LogP contribution in [0.4, 0.5) is 11.4 Å². The molecule has 27 heavy (non-hydrogen) atoms. The van der Waals surface area contributed by atoms with E-state index in [9.17, 15) is 18.5 Å². The molecule has 3 aromatic rings. The summed E-state index contributed by atoms with van der Waals surface area (Å²) in [5.41, 5.74) is 1.12. The van der Waals surface area contributed by atoms with Crippen molar-refractivity contribution in [1.82, 2.24) is 4.98 Å². The maximum absolute atomic E-state index is 12.7. The highest BCUT2D eigenvalue weighted by molar-refractivity contribution is 7.92. The maximum atomic E-state index is 12.7. The number of methoxy groups -OCH3 is 1.